The van der Waals surface area contributed by atoms with E-state index in [4.69, 9.17) is 4.18 Å². The lowest BCUT2D eigenvalue weighted by Crippen LogP contribution is -2.44. The molecular weight excluding hydrogens is 430 g/mol. The zero-order valence-corrected chi connectivity index (χ0v) is 19.9. The molecule has 0 aliphatic rings. The van der Waals surface area contributed by atoms with Gasteiger partial charge in [-0.1, -0.05) is 26.0 Å². The summed E-state index contributed by atoms with van der Waals surface area (Å²) in [7, 11) is -4.02. The van der Waals surface area contributed by atoms with Crippen molar-refractivity contribution < 1.29 is 22.2 Å². The zero-order chi connectivity index (χ0) is 23.9. The molecular formula is C23H31N3O5S. The number of benzene rings is 2. The second-order valence-electron chi connectivity index (χ2n) is 8.27. The number of carbonyl (C=O) groups excluding carboxylic acids is 2. The molecule has 0 aromatic heterocycles. The highest BCUT2D eigenvalue weighted by Gasteiger charge is 2.18. The molecule has 3 amide bonds. The minimum atomic E-state index is -4.02. The summed E-state index contributed by atoms with van der Waals surface area (Å²) in [5.41, 5.74) is 1.35. The molecule has 9 heteroatoms. The predicted molar refractivity (Wildman–Crippen MR) is 124 cm³/mol. The molecule has 0 fully saturated rings. The van der Waals surface area contributed by atoms with Crippen molar-refractivity contribution in [3.05, 3.63) is 54.1 Å². The zero-order valence-electron chi connectivity index (χ0n) is 19.1. The number of carbonyl (C=O) groups is 2. The Bertz CT molecular complexity index is 1020. The lowest BCUT2D eigenvalue weighted by Gasteiger charge is -2.26. The molecule has 0 bridgehead atoms. The van der Waals surface area contributed by atoms with Crippen LogP contribution in [-0.4, -0.2) is 37.8 Å². The first-order chi connectivity index (χ1) is 15.0. The minimum Gasteiger partial charge on any atom is -0.379 e. The van der Waals surface area contributed by atoms with Crippen molar-refractivity contribution in [3.8, 4) is 5.75 Å². The van der Waals surface area contributed by atoms with Crippen LogP contribution in [0, 0.1) is 5.92 Å². The number of urea groups is 1. The van der Waals surface area contributed by atoms with E-state index in [-0.39, 0.29) is 28.6 Å². The molecule has 2 aromatic rings. The maximum Gasteiger partial charge on any atom is 0.339 e. The van der Waals surface area contributed by atoms with Crippen LogP contribution in [0.2, 0.25) is 0 Å². The fourth-order valence-corrected chi connectivity index (χ4v) is 3.88. The van der Waals surface area contributed by atoms with Crippen molar-refractivity contribution in [2.75, 3.05) is 11.9 Å². The summed E-state index contributed by atoms with van der Waals surface area (Å²) in [4.78, 5) is 25.3. The fourth-order valence-electron chi connectivity index (χ4n) is 2.95. The molecule has 2 rings (SSSR count). The van der Waals surface area contributed by atoms with Gasteiger partial charge in [-0.25, -0.2) is 4.79 Å². The van der Waals surface area contributed by atoms with Crippen molar-refractivity contribution in [2.24, 2.45) is 5.92 Å². The van der Waals surface area contributed by atoms with Gasteiger partial charge < -0.3 is 19.7 Å². The summed E-state index contributed by atoms with van der Waals surface area (Å²) in [6, 6.07) is 12.2. The number of rotatable bonds is 9. The molecule has 0 spiro atoms. The highest BCUT2D eigenvalue weighted by molar-refractivity contribution is 7.87. The normalized spacial score (nSPS) is 11.3. The molecule has 2 aromatic carbocycles. The van der Waals surface area contributed by atoms with Gasteiger partial charge >= 0.3 is 16.1 Å². The van der Waals surface area contributed by atoms with Gasteiger partial charge in [0.25, 0.3) is 0 Å². The van der Waals surface area contributed by atoms with Crippen LogP contribution < -0.4 is 14.8 Å². The standard InChI is InChI=1S/C23H31N3O5S/c1-16(2)14-26(23(28)24-17(3)4)15-19-6-10-21(11-7-19)31-32(29,30)22-12-8-20(9-13-22)25-18(5)27/h6-13,16-17H,14-15H2,1-5H3,(H,24,28)(H,25,27). The van der Waals surface area contributed by atoms with E-state index in [1.54, 1.807) is 29.2 Å². The van der Waals surface area contributed by atoms with Gasteiger partial charge in [-0.05, 0) is 61.7 Å². The van der Waals surface area contributed by atoms with E-state index < -0.39 is 10.1 Å². The number of hydrogen-bond acceptors (Lipinski definition) is 5. The molecule has 0 saturated heterocycles. The van der Waals surface area contributed by atoms with Crippen molar-refractivity contribution in [3.63, 3.8) is 0 Å². The van der Waals surface area contributed by atoms with Crippen LogP contribution in [0.25, 0.3) is 0 Å². The third-order valence-electron chi connectivity index (χ3n) is 4.25. The Kier molecular flexibility index (Phi) is 8.65. The molecule has 0 saturated carbocycles. The smallest absolute Gasteiger partial charge is 0.339 e. The van der Waals surface area contributed by atoms with Gasteiger partial charge in [-0.2, -0.15) is 8.42 Å². The lowest BCUT2D eigenvalue weighted by atomic mass is 10.1. The van der Waals surface area contributed by atoms with Crippen LogP contribution in [0.15, 0.2) is 53.4 Å². The van der Waals surface area contributed by atoms with E-state index in [1.165, 1.54) is 31.2 Å². The van der Waals surface area contributed by atoms with Gasteiger partial charge in [0.2, 0.25) is 5.91 Å². The largest absolute Gasteiger partial charge is 0.379 e. The number of hydrogen-bond donors (Lipinski definition) is 2. The molecule has 0 atom stereocenters. The van der Waals surface area contributed by atoms with Gasteiger partial charge in [0.05, 0.1) is 0 Å². The van der Waals surface area contributed by atoms with E-state index in [9.17, 15) is 18.0 Å². The average Bonchev–Trinajstić information content (AvgIpc) is 2.68. The topological polar surface area (TPSA) is 105 Å². The summed E-state index contributed by atoms with van der Waals surface area (Å²) < 4.78 is 30.3. The Balaban J connectivity index is 2.08. The Labute approximate surface area is 190 Å². The number of anilines is 1. The Morgan fingerprint density at radius 1 is 0.969 bits per heavy atom. The highest BCUT2D eigenvalue weighted by Crippen LogP contribution is 2.21. The Hall–Kier alpha value is -3.07. The SMILES string of the molecule is CC(=O)Nc1ccc(S(=O)(=O)Oc2ccc(CN(CC(C)C)C(=O)NC(C)C)cc2)cc1. The molecule has 8 nitrogen and oxygen atoms in total. The van der Waals surface area contributed by atoms with Gasteiger partial charge in [0.15, 0.2) is 0 Å². The van der Waals surface area contributed by atoms with Crippen molar-refractivity contribution in [2.45, 2.75) is 52.1 Å². The summed E-state index contributed by atoms with van der Waals surface area (Å²) in [5.74, 6) is 0.227. The number of nitrogens with zero attached hydrogens (tertiary/aromatic N) is 1. The second-order valence-corrected chi connectivity index (χ2v) is 9.81. The van der Waals surface area contributed by atoms with E-state index in [0.29, 0.717) is 24.7 Å². The molecule has 2 N–H and O–H groups in total. The molecule has 0 aliphatic heterocycles. The molecule has 0 unspecified atom stereocenters. The van der Waals surface area contributed by atoms with Crippen LogP contribution in [0.1, 0.15) is 40.2 Å². The first-order valence-electron chi connectivity index (χ1n) is 10.4. The average molecular weight is 462 g/mol. The summed E-state index contributed by atoms with van der Waals surface area (Å²) >= 11 is 0. The van der Waals surface area contributed by atoms with E-state index in [2.05, 4.69) is 10.6 Å². The molecule has 174 valence electrons. The van der Waals surface area contributed by atoms with Crippen LogP contribution >= 0.6 is 0 Å². The number of amides is 3. The monoisotopic (exact) mass is 461 g/mol. The highest BCUT2D eigenvalue weighted by atomic mass is 32.2. The summed E-state index contributed by atoms with van der Waals surface area (Å²) in [6.45, 7) is 10.3. The predicted octanol–water partition coefficient (Wildman–Crippen LogP) is 3.99. The first-order valence-corrected chi connectivity index (χ1v) is 11.8. The van der Waals surface area contributed by atoms with Crippen LogP contribution in [0.5, 0.6) is 5.75 Å². The molecule has 32 heavy (non-hydrogen) atoms. The number of nitrogens with one attached hydrogen (secondary N) is 2. The minimum absolute atomic E-state index is 0.0239. The Morgan fingerprint density at radius 3 is 2.06 bits per heavy atom. The third-order valence-corrected chi connectivity index (χ3v) is 5.51. The van der Waals surface area contributed by atoms with E-state index in [1.807, 2.05) is 27.7 Å². The maximum atomic E-state index is 12.5. The third kappa shape index (κ3) is 7.88. The molecule has 0 aliphatic carbocycles. The summed E-state index contributed by atoms with van der Waals surface area (Å²) in [6.07, 6.45) is 0. The van der Waals surface area contributed by atoms with E-state index in [0.717, 1.165) is 5.56 Å². The van der Waals surface area contributed by atoms with Gasteiger partial charge in [-0.3, -0.25) is 4.79 Å². The van der Waals surface area contributed by atoms with Crippen molar-refractivity contribution >= 4 is 27.7 Å². The van der Waals surface area contributed by atoms with Crippen molar-refractivity contribution in [1.29, 1.82) is 0 Å². The second kappa shape index (κ2) is 11.0. The molecule has 0 heterocycles. The first kappa shape index (κ1) is 25.2. The van der Waals surface area contributed by atoms with Crippen LogP contribution in [0.4, 0.5) is 10.5 Å². The van der Waals surface area contributed by atoms with Gasteiger partial charge in [-0.15, -0.1) is 0 Å². The van der Waals surface area contributed by atoms with Gasteiger partial charge in [0.1, 0.15) is 10.6 Å². The van der Waals surface area contributed by atoms with Crippen molar-refractivity contribution in [1.82, 2.24) is 10.2 Å². The maximum absolute atomic E-state index is 12.5. The van der Waals surface area contributed by atoms with Gasteiger partial charge in [0, 0.05) is 31.7 Å². The van der Waals surface area contributed by atoms with Crippen LogP contribution in [0.3, 0.4) is 0 Å². The quantitative estimate of drug-likeness (QED) is 0.550. The fraction of sp³-hybridized carbons (Fsp3) is 0.391. The Morgan fingerprint density at radius 2 is 1.56 bits per heavy atom. The lowest BCUT2D eigenvalue weighted by molar-refractivity contribution is -0.114. The summed E-state index contributed by atoms with van der Waals surface area (Å²) in [5, 5.41) is 5.48. The molecule has 0 radical (unpaired) electrons. The van der Waals surface area contributed by atoms with Crippen LogP contribution in [-0.2, 0) is 21.5 Å². The van der Waals surface area contributed by atoms with E-state index >= 15 is 0 Å².